The quantitative estimate of drug-likeness (QED) is 0.153. The Hall–Kier alpha value is -2.40. The molecule has 1 aromatic rings. The molecule has 10 nitrogen and oxygen atoms in total. The Bertz CT molecular complexity index is 1020. The molecule has 0 unspecified atom stereocenters. The number of carbonyl (C=O) groups excluding carboxylic acids is 3. The molecule has 1 aliphatic carbocycles. The number of nitrogens with one attached hydrogen (secondary N) is 3. The lowest BCUT2D eigenvalue weighted by Crippen LogP contribution is -2.50. The number of methoxy groups -OCH3 is 1. The molecule has 0 saturated heterocycles. The fourth-order valence-electron chi connectivity index (χ4n) is 5.74. The van der Waals surface area contributed by atoms with Gasteiger partial charge >= 0.3 is 0 Å². The number of carbonyl (C=O) groups is 3. The Morgan fingerprint density at radius 2 is 1.66 bits per heavy atom. The second-order valence-electron chi connectivity index (χ2n) is 12.9. The molecule has 3 amide bonds. The Kier molecular flexibility index (Phi) is 17.9. The first-order chi connectivity index (χ1) is 20.4. The number of nitrogens with two attached hydrogens (primary N) is 1. The van der Waals surface area contributed by atoms with E-state index >= 15 is 0 Å². The minimum absolute atomic E-state index is 0. The molecule has 1 aliphatic rings. The molecule has 1 aromatic carbocycles. The number of aliphatic hydroxyl groups is 1. The van der Waals surface area contributed by atoms with E-state index in [4.69, 9.17) is 15.2 Å². The molecule has 1 saturated carbocycles. The van der Waals surface area contributed by atoms with Gasteiger partial charge in [0.2, 0.25) is 11.8 Å². The number of unbranched alkanes of at least 4 members (excludes halogenated alkanes) is 1. The molecule has 0 radical (unpaired) electrons. The van der Waals surface area contributed by atoms with Crippen LogP contribution in [0.25, 0.3) is 0 Å². The first-order valence-corrected chi connectivity index (χ1v) is 15.8. The highest BCUT2D eigenvalue weighted by Gasteiger charge is 2.39. The van der Waals surface area contributed by atoms with Crippen molar-refractivity contribution in [3.8, 4) is 5.75 Å². The Morgan fingerprint density at radius 3 is 2.27 bits per heavy atom. The summed E-state index contributed by atoms with van der Waals surface area (Å²) in [5.41, 5.74) is 6.29. The van der Waals surface area contributed by atoms with Crippen molar-refractivity contribution < 1.29 is 29.0 Å². The maximum absolute atomic E-state index is 13.1. The standard InChI is InChI=1S/C33H56N4O6.ClH/c1-22(2)24(20-35-31(40)27-11-7-8-12-30(27)43-18-10-9-17-42-6)19-28(34)29(39)21-36-32(41)33(4,5)25-13-15-26(16-14-25)37-23(3)38;/h7-8,11-12,22,24-26,28-29,39H,9-10,13-21,34H2,1-6H3,(H,35,40)(H,36,41)(H,37,38);1H/t24-,25?,26?,28+,29+;/m1./s1. The molecule has 0 aromatic heterocycles. The van der Waals surface area contributed by atoms with Crippen LogP contribution in [0.5, 0.6) is 5.75 Å². The Balaban J connectivity index is 0.00000968. The molecule has 6 N–H and O–H groups in total. The number of para-hydroxylation sites is 1. The molecular weight excluding hydrogens is 584 g/mol. The van der Waals surface area contributed by atoms with Crippen molar-refractivity contribution in [3.63, 3.8) is 0 Å². The summed E-state index contributed by atoms with van der Waals surface area (Å²) in [4.78, 5) is 37.6. The summed E-state index contributed by atoms with van der Waals surface area (Å²) in [6, 6.07) is 6.80. The number of rotatable bonds is 18. The number of benzene rings is 1. The zero-order chi connectivity index (χ0) is 32.0. The summed E-state index contributed by atoms with van der Waals surface area (Å²) in [6.07, 6.45) is 4.72. The van der Waals surface area contributed by atoms with Gasteiger partial charge in [-0.15, -0.1) is 12.4 Å². The highest BCUT2D eigenvalue weighted by molar-refractivity contribution is 5.96. The van der Waals surface area contributed by atoms with Crippen molar-refractivity contribution in [2.75, 3.05) is 33.4 Å². The number of aliphatic hydroxyl groups excluding tert-OH is 1. The van der Waals surface area contributed by atoms with Crippen LogP contribution in [-0.4, -0.2) is 74.4 Å². The van der Waals surface area contributed by atoms with E-state index in [2.05, 4.69) is 29.8 Å². The lowest BCUT2D eigenvalue weighted by atomic mass is 9.69. The summed E-state index contributed by atoms with van der Waals surface area (Å²) >= 11 is 0. The van der Waals surface area contributed by atoms with Crippen LogP contribution in [-0.2, 0) is 14.3 Å². The minimum Gasteiger partial charge on any atom is -0.493 e. The van der Waals surface area contributed by atoms with Gasteiger partial charge in [-0.1, -0.05) is 39.8 Å². The minimum atomic E-state index is -0.917. The Morgan fingerprint density at radius 1 is 1.02 bits per heavy atom. The first-order valence-electron chi connectivity index (χ1n) is 15.8. The average molecular weight is 641 g/mol. The van der Waals surface area contributed by atoms with Crippen LogP contribution in [0.4, 0.5) is 0 Å². The van der Waals surface area contributed by atoms with Crippen molar-refractivity contribution in [1.29, 1.82) is 0 Å². The highest BCUT2D eigenvalue weighted by Crippen LogP contribution is 2.38. The van der Waals surface area contributed by atoms with Crippen LogP contribution in [0.2, 0.25) is 0 Å². The molecule has 0 heterocycles. The van der Waals surface area contributed by atoms with Crippen LogP contribution in [0.1, 0.15) is 89.9 Å². The number of halogens is 1. The van der Waals surface area contributed by atoms with Crippen LogP contribution in [0.15, 0.2) is 24.3 Å². The number of hydrogen-bond acceptors (Lipinski definition) is 7. The molecule has 3 atom stereocenters. The van der Waals surface area contributed by atoms with Crippen LogP contribution < -0.4 is 26.4 Å². The third kappa shape index (κ3) is 12.9. The number of amides is 3. The third-order valence-corrected chi connectivity index (χ3v) is 8.88. The van der Waals surface area contributed by atoms with Gasteiger partial charge in [0.25, 0.3) is 5.91 Å². The van der Waals surface area contributed by atoms with Crippen LogP contribution in [0.3, 0.4) is 0 Å². The summed E-state index contributed by atoms with van der Waals surface area (Å²) in [7, 11) is 1.67. The molecule has 0 spiro atoms. The van der Waals surface area contributed by atoms with Gasteiger partial charge in [0.1, 0.15) is 5.75 Å². The van der Waals surface area contributed by atoms with E-state index in [-0.39, 0.29) is 60.5 Å². The van der Waals surface area contributed by atoms with Gasteiger partial charge in [0.15, 0.2) is 0 Å². The smallest absolute Gasteiger partial charge is 0.255 e. The van der Waals surface area contributed by atoms with E-state index in [0.29, 0.717) is 37.5 Å². The van der Waals surface area contributed by atoms with E-state index in [1.54, 1.807) is 19.2 Å². The predicted molar refractivity (Wildman–Crippen MR) is 176 cm³/mol. The van der Waals surface area contributed by atoms with E-state index in [1.807, 2.05) is 26.0 Å². The lowest BCUT2D eigenvalue weighted by Gasteiger charge is -2.38. The summed E-state index contributed by atoms with van der Waals surface area (Å²) in [5.74, 6) is 0.650. The fourth-order valence-corrected chi connectivity index (χ4v) is 5.74. The Labute approximate surface area is 270 Å². The second-order valence-corrected chi connectivity index (χ2v) is 12.9. The molecule has 2 rings (SSSR count). The molecule has 1 fully saturated rings. The SMILES string of the molecule is COCCCCOc1ccccc1C(=O)NC[C@@H](C[C@H](N)[C@@H](O)CNC(=O)C(C)(C)C1CCC(NC(C)=O)CC1)C(C)C.Cl. The largest absolute Gasteiger partial charge is 0.493 e. The summed E-state index contributed by atoms with van der Waals surface area (Å²) in [5, 5.41) is 19.8. The van der Waals surface area contributed by atoms with E-state index < -0.39 is 17.6 Å². The third-order valence-electron chi connectivity index (χ3n) is 8.88. The fraction of sp³-hybridized carbons (Fsp3) is 0.727. The van der Waals surface area contributed by atoms with Crippen molar-refractivity contribution >= 4 is 30.1 Å². The monoisotopic (exact) mass is 640 g/mol. The molecule has 11 heteroatoms. The van der Waals surface area contributed by atoms with Crippen molar-refractivity contribution in [2.45, 2.75) is 97.8 Å². The first kappa shape index (κ1) is 39.6. The van der Waals surface area contributed by atoms with Gasteiger partial charge in [-0.2, -0.15) is 0 Å². The zero-order valence-electron chi connectivity index (χ0n) is 27.5. The van der Waals surface area contributed by atoms with E-state index in [1.165, 1.54) is 6.92 Å². The second kappa shape index (κ2) is 19.9. The highest BCUT2D eigenvalue weighted by atomic mass is 35.5. The summed E-state index contributed by atoms with van der Waals surface area (Å²) in [6.45, 7) is 11.2. The van der Waals surface area contributed by atoms with E-state index in [0.717, 1.165) is 38.5 Å². The maximum atomic E-state index is 13.1. The maximum Gasteiger partial charge on any atom is 0.255 e. The average Bonchev–Trinajstić information content (AvgIpc) is 2.97. The van der Waals surface area contributed by atoms with Gasteiger partial charge in [-0.25, -0.2) is 0 Å². The van der Waals surface area contributed by atoms with Gasteiger partial charge in [-0.3, -0.25) is 14.4 Å². The van der Waals surface area contributed by atoms with Crippen LogP contribution in [0, 0.1) is 23.2 Å². The van der Waals surface area contributed by atoms with Gasteiger partial charge < -0.3 is 36.3 Å². The lowest BCUT2D eigenvalue weighted by molar-refractivity contribution is -0.133. The predicted octanol–water partition coefficient (Wildman–Crippen LogP) is 3.83. The summed E-state index contributed by atoms with van der Waals surface area (Å²) < 4.78 is 10.9. The van der Waals surface area contributed by atoms with Gasteiger partial charge in [0, 0.05) is 51.2 Å². The van der Waals surface area contributed by atoms with Crippen LogP contribution >= 0.6 is 12.4 Å². The van der Waals surface area contributed by atoms with Gasteiger partial charge in [-0.05, 0) is 74.8 Å². The molecule has 252 valence electrons. The van der Waals surface area contributed by atoms with Crippen molar-refractivity contribution in [3.05, 3.63) is 29.8 Å². The van der Waals surface area contributed by atoms with Gasteiger partial charge in [0.05, 0.1) is 18.3 Å². The number of hydrogen-bond donors (Lipinski definition) is 5. The topological polar surface area (TPSA) is 152 Å². The number of ether oxygens (including phenoxy) is 2. The van der Waals surface area contributed by atoms with Crippen molar-refractivity contribution in [1.82, 2.24) is 16.0 Å². The molecule has 0 bridgehead atoms. The normalized spacial score (nSPS) is 18.8. The van der Waals surface area contributed by atoms with Crippen molar-refractivity contribution in [2.24, 2.45) is 28.9 Å². The molecule has 44 heavy (non-hydrogen) atoms. The van der Waals surface area contributed by atoms with E-state index in [9.17, 15) is 19.5 Å². The molecule has 0 aliphatic heterocycles. The zero-order valence-corrected chi connectivity index (χ0v) is 28.3. The molecular formula is C33H57ClN4O6.